The molecule has 2 atom stereocenters. The van der Waals surface area contributed by atoms with Crippen molar-refractivity contribution in [2.45, 2.75) is 12.3 Å². The van der Waals surface area contributed by atoms with Crippen LogP contribution in [0.4, 0.5) is 5.69 Å². The molecule has 1 aliphatic heterocycles. The summed E-state index contributed by atoms with van der Waals surface area (Å²) < 4.78 is 0. The first kappa shape index (κ1) is 7.57. The maximum atomic E-state index is 4.56. The Bertz CT molecular complexity index is 586. The summed E-state index contributed by atoms with van der Waals surface area (Å²) in [4.78, 5) is 8.99. The van der Waals surface area contributed by atoms with E-state index < -0.39 is 0 Å². The molecule has 0 bridgehead atoms. The number of rotatable bonds is 0. The second-order valence-electron chi connectivity index (χ2n) is 4.36. The summed E-state index contributed by atoms with van der Waals surface area (Å²) in [7, 11) is 0. The fraction of sp³-hybridized carbons (Fsp3) is 0.231. The van der Waals surface area contributed by atoms with E-state index in [2.05, 4.69) is 34.4 Å². The standard InChI is InChI=1S/C13H10N2/c1-2-8-3-4-10-11-6-9(11)7-15-13(10)12(8)14-5-1/h1-5,7,9,11H,6H2. The van der Waals surface area contributed by atoms with Crippen molar-refractivity contribution in [1.82, 2.24) is 4.98 Å². The lowest BCUT2D eigenvalue weighted by atomic mass is 10.0. The molecule has 2 nitrogen and oxygen atoms in total. The van der Waals surface area contributed by atoms with Crippen molar-refractivity contribution in [3.63, 3.8) is 0 Å². The van der Waals surface area contributed by atoms with Crippen LogP contribution in [-0.4, -0.2) is 11.2 Å². The van der Waals surface area contributed by atoms with E-state index in [1.807, 2.05) is 12.3 Å². The van der Waals surface area contributed by atoms with Gasteiger partial charge in [-0.05, 0) is 24.0 Å². The fourth-order valence-corrected chi connectivity index (χ4v) is 2.49. The van der Waals surface area contributed by atoms with Crippen molar-refractivity contribution in [2.75, 3.05) is 0 Å². The Kier molecular flexibility index (Phi) is 1.24. The lowest BCUT2D eigenvalue weighted by molar-refractivity contribution is 1.04. The zero-order chi connectivity index (χ0) is 9.83. The highest BCUT2D eigenvalue weighted by Crippen LogP contribution is 2.53. The molecular formula is C13H10N2. The highest BCUT2D eigenvalue weighted by molar-refractivity contribution is 5.94. The van der Waals surface area contributed by atoms with Crippen molar-refractivity contribution in [3.8, 4) is 0 Å². The fourth-order valence-electron chi connectivity index (χ4n) is 2.49. The molecule has 0 N–H and O–H groups in total. The van der Waals surface area contributed by atoms with E-state index in [4.69, 9.17) is 0 Å². The molecule has 1 aromatic heterocycles. The number of hydrogen-bond acceptors (Lipinski definition) is 2. The predicted molar refractivity (Wildman–Crippen MR) is 60.7 cm³/mol. The van der Waals surface area contributed by atoms with E-state index in [0.29, 0.717) is 5.92 Å². The summed E-state index contributed by atoms with van der Waals surface area (Å²) >= 11 is 0. The molecule has 72 valence electrons. The molecule has 4 rings (SSSR count). The third-order valence-electron chi connectivity index (χ3n) is 3.41. The third kappa shape index (κ3) is 0.938. The topological polar surface area (TPSA) is 25.2 Å². The van der Waals surface area contributed by atoms with Crippen molar-refractivity contribution >= 4 is 22.8 Å². The van der Waals surface area contributed by atoms with Gasteiger partial charge in [0.2, 0.25) is 0 Å². The first-order valence-corrected chi connectivity index (χ1v) is 5.35. The van der Waals surface area contributed by atoms with E-state index in [1.165, 1.54) is 17.4 Å². The molecule has 1 aliphatic carbocycles. The van der Waals surface area contributed by atoms with Gasteiger partial charge >= 0.3 is 0 Å². The monoisotopic (exact) mass is 194 g/mol. The van der Waals surface area contributed by atoms with Gasteiger partial charge in [-0.1, -0.05) is 18.2 Å². The first-order chi connectivity index (χ1) is 7.43. The van der Waals surface area contributed by atoms with Gasteiger partial charge in [0.05, 0.1) is 11.2 Å². The maximum absolute atomic E-state index is 4.56. The molecule has 0 radical (unpaired) electrons. The van der Waals surface area contributed by atoms with Gasteiger partial charge in [-0.3, -0.25) is 9.98 Å². The van der Waals surface area contributed by atoms with Crippen LogP contribution < -0.4 is 0 Å². The average molecular weight is 194 g/mol. The number of hydrogen-bond donors (Lipinski definition) is 0. The SMILES string of the molecule is C1=Nc2c(ccc3cccnc23)C2CC12. The summed E-state index contributed by atoms with van der Waals surface area (Å²) in [5.41, 5.74) is 3.55. The summed E-state index contributed by atoms with van der Waals surface area (Å²) in [6, 6.07) is 8.45. The molecule has 0 spiro atoms. The number of aromatic nitrogens is 1. The Hall–Kier alpha value is -1.70. The molecule has 2 aromatic rings. The zero-order valence-corrected chi connectivity index (χ0v) is 8.22. The van der Waals surface area contributed by atoms with Gasteiger partial charge in [-0.25, -0.2) is 0 Å². The van der Waals surface area contributed by atoms with Crippen LogP contribution in [0.5, 0.6) is 0 Å². The highest BCUT2D eigenvalue weighted by atomic mass is 14.8. The van der Waals surface area contributed by atoms with Gasteiger partial charge in [-0.2, -0.15) is 0 Å². The third-order valence-corrected chi connectivity index (χ3v) is 3.41. The van der Waals surface area contributed by atoms with E-state index >= 15 is 0 Å². The van der Waals surface area contributed by atoms with Crippen LogP contribution in [-0.2, 0) is 0 Å². The second kappa shape index (κ2) is 2.45. The number of pyridine rings is 1. The normalized spacial score (nSPS) is 26.1. The zero-order valence-electron chi connectivity index (χ0n) is 8.22. The van der Waals surface area contributed by atoms with Crippen LogP contribution >= 0.6 is 0 Å². The summed E-state index contributed by atoms with van der Waals surface area (Å²) in [5.74, 6) is 1.43. The quantitative estimate of drug-likeness (QED) is 0.632. The minimum absolute atomic E-state index is 0.707. The van der Waals surface area contributed by atoms with Crippen LogP contribution in [0.2, 0.25) is 0 Å². The largest absolute Gasteiger partial charge is 0.258 e. The number of benzene rings is 1. The van der Waals surface area contributed by atoms with E-state index in [-0.39, 0.29) is 0 Å². The maximum Gasteiger partial charge on any atom is 0.0961 e. The summed E-state index contributed by atoms with van der Waals surface area (Å²) in [5, 5.41) is 1.19. The van der Waals surface area contributed by atoms with Gasteiger partial charge in [0.15, 0.2) is 0 Å². The van der Waals surface area contributed by atoms with Crippen LogP contribution in [0.25, 0.3) is 10.9 Å². The number of fused-ring (bicyclic) bond motifs is 5. The predicted octanol–water partition coefficient (Wildman–Crippen LogP) is 3.05. The first-order valence-electron chi connectivity index (χ1n) is 5.35. The number of aliphatic imine (C=N–C) groups is 1. The second-order valence-corrected chi connectivity index (χ2v) is 4.36. The highest BCUT2D eigenvalue weighted by Gasteiger charge is 2.41. The van der Waals surface area contributed by atoms with E-state index in [1.54, 1.807) is 0 Å². The molecule has 2 aliphatic rings. The van der Waals surface area contributed by atoms with Gasteiger partial charge in [0.1, 0.15) is 0 Å². The van der Waals surface area contributed by atoms with Crippen LogP contribution in [0, 0.1) is 5.92 Å². The molecule has 0 amide bonds. The van der Waals surface area contributed by atoms with E-state index in [9.17, 15) is 0 Å². The van der Waals surface area contributed by atoms with Gasteiger partial charge in [-0.15, -0.1) is 0 Å². The average Bonchev–Trinajstić information content (AvgIpc) is 3.07. The lowest BCUT2D eigenvalue weighted by Crippen LogP contribution is -1.94. The van der Waals surface area contributed by atoms with Gasteiger partial charge in [0.25, 0.3) is 0 Å². The molecule has 1 aromatic carbocycles. The molecule has 2 heterocycles. The molecular weight excluding hydrogens is 184 g/mol. The Balaban J connectivity index is 2.13. The Morgan fingerprint density at radius 3 is 3.20 bits per heavy atom. The van der Waals surface area contributed by atoms with Crippen molar-refractivity contribution in [2.24, 2.45) is 10.9 Å². The molecule has 0 saturated heterocycles. The summed E-state index contributed by atoms with van der Waals surface area (Å²) in [6.07, 6.45) is 5.22. The van der Waals surface area contributed by atoms with Crippen LogP contribution in [0.15, 0.2) is 35.5 Å². The molecule has 1 saturated carbocycles. The molecule has 2 heteroatoms. The lowest BCUT2D eigenvalue weighted by Gasteiger charge is -2.10. The van der Waals surface area contributed by atoms with Crippen molar-refractivity contribution < 1.29 is 0 Å². The van der Waals surface area contributed by atoms with Gasteiger partial charge < -0.3 is 0 Å². The minimum Gasteiger partial charge on any atom is -0.258 e. The minimum atomic E-state index is 0.707. The smallest absolute Gasteiger partial charge is 0.0961 e. The number of nitrogens with zero attached hydrogens (tertiary/aromatic N) is 2. The van der Waals surface area contributed by atoms with Crippen LogP contribution in [0.1, 0.15) is 17.9 Å². The summed E-state index contributed by atoms with van der Waals surface area (Å²) in [6.45, 7) is 0. The Morgan fingerprint density at radius 2 is 2.20 bits per heavy atom. The molecule has 1 fully saturated rings. The molecule has 2 unspecified atom stereocenters. The van der Waals surface area contributed by atoms with Crippen LogP contribution in [0.3, 0.4) is 0 Å². The van der Waals surface area contributed by atoms with Crippen molar-refractivity contribution in [1.29, 1.82) is 0 Å². The van der Waals surface area contributed by atoms with Gasteiger partial charge in [0, 0.05) is 23.7 Å². The van der Waals surface area contributed by atoms with E-state index in [0.717, 1.165) is 17.1 Å². The van der Waals surface area contributed by atoms with Crippen molar-refractivity contribution in [3.05, 3.63) is 36.0 Å². The molecule has 15 heavy (non-hydrogen) atoms. The Labute approximate surface area is 87.7 Å². The Morgan fingerprint density at radius 1 is 1.20 bits per heavy atom.